The fourth-order valence-corrected chi connectivity index (χ4v) is 1.02. The van der Waals surface area contributed by atoms with Gasteiger partial charge in [-0.3, -0.25) is 4.79 Å². The van der Waals surface area contributed by atoms with Crippen molar-refractivity contribution in [2.45, 2.75) is 32.1 Å². The number of esters is 1. The maximum absolute atomic E-state index is 11.8. The number of halogens is 3. The minimum Gasteiger partial charge on any atom is -0.468 e. The van der Waals surface area contributed by atoms with Crippen molar-refractivity contribution >= 4 is 5.97 Å². The van der Waals surface area contributed by atoms with Gasteiger partial charge in [0.25, 0.3) is 0 Å². The Bertz CT molecular complexity index is 219. The van der Waals surface area contributed by atoms with Crippen molar-refractivity contribution in [2.75, 3.05) is 20.3 Å². The van der Waals surface area contributed by atoms with Crippen LogP contribution in [0.1, 0.15) is 13.8 Å². The Kier molecular flexibility index (Phi) is 6.35. The zero-order chi connectivity index (χ0) is 12.8. The molecule has 0 spiro atoms. The number of nitrogens with one attached hydrogen (secondary N) is 1. The van der Waals surface area contributed by atoms with E-state index in [1.165, 1.54) is 7.11 Å². The van der Waals surface area contributed by atoms with Gasteiger partial charge in [0.1, 0.15) is 12.6 Å². The molecule has 0 aromatic carbocycles. The summed E-state index contributed by atoms with van der Waals surface area (Å²) in [6, 6.07) is -0.939. The number of alkyl halides is 3. The van der Waals surface area contributed by atoms with Crippen LogP contribution < -0.4 is 5.32 Å². The Labute approximate surface area is 92.1 Å². The lowest BCUT2D eigenvalue weighted by Gasteiger charge is -2.19. The maximum atomic E-state index is 11.8. The van der Waals surface area contributed by atoms with Crippen LogP contribution >= 0.6 is 0 Å². The highest BCUT2D eigenvalue weighted by Crippen LogP contribution is 2.14. The molecule has 7 heteroatoms. The molecule has 0 aliphatic rings. The van der Waals surface area contributed by atoms with E-state index in [0.717, 1.165) is 0 Å². The molecule has 96 valence electrons. The second kappa shape index (κ2) is 6.70. The van der Waals surface area contributed by atoms with Crippen molar-refractivity contribution in [2.24, 2.45) is 0 Å². The highest BCUT2D eigenvalue weighted by Gasteiger charge is 2.29. The Balaban J connectivity index is 4.07. The molecule has 1 atom stereocenters. The third-order valence-electron chi connectivity index (χ3n) is 1.57. The summed E-state index contributed by atoms with van der Waals surface area (Å²) in [6.45, 7) is 1.78. The van der Waals surface area contributed by atoms with Gasteiger partial charge >= 0.3 is 12.1 Å². The lowest BCUT2D eigenvalue weighted by Crippen LogP contribution is -2.45. The number of rotatable bonds is 6. The molecule has 0 radical (unpaired) electrons. The summed E-state index contributed by atoms with van der Waals surface area (Å²) in [6.07, 6.45) is -4.39. The summed E-state index contributed by atoms with van der Waals surface area (Å²) >= 11 is 0. The van der Waals surface area contributed by atoms with E-state index in [1.54, 1.807) is 13.8 Å². The summed E-state index contributed by atoms with van der Waals surface area (Å²) in [5.74, 6) is -0.643. The van der Waals surface area contributed by atoms with Gasteiger partial charge in [-0.15, -0.1) is 0 Å². The molecule has 1 N–H and O–H groups in total. The van der Waals surface area contributed by atoms with E-state index in [-0.39, 0.29) is 12.6 Å². The maximum Gasteiger partial charge on any atom is 0.411 e. The fraction of sp³-hybridized carbons (Fsp3) is 0.889. The summed E-state index contributed by atoms with van der Waals surface area (Å²) in [7, 11) is 1.17. The first-order valence-corrected chi connectivity index (χ1v) is 4.74. The first-order chi connectivity index (χ1) is 7.26. The number of ether oxygens (including phenoxy) is 2. The van der Waals surface area contributed by atoms with Gasteiger partial charge in [-0.05, 0) is 0 Å². The first-order valence-electron chi connectivity index (χ1n) is 4.74. The van der Waals surface area contributed by atoms with Gasteiger partial charge < -0.3 is 14.8 Å². The average Bonchev–Trinajstić information content (AvgIpc) is 2.12. The van der Waals surface area contributed by atoms with Crippen molar-refractivity contribution < 1.29 is 27.4 Å². The van der Waals surface area contributed by atoms with E-state index in [1.807, 2.05) is 0 Å². The van der Waals surface area contributed by atoms with Crippen LogP contribution in [0.5, 0.6) is 0 Å². The van der Waals surface area contributed by atoms with Gasteiger partial charge in [-0.1, -0.05) is 13.8 Å². The molecular weight excluding hydrogens is 227 g/mol. The van der Waals surface area contributed by atoms with Gasteiger partial charge in [0, 0.05) is 6.04 Å². The zero-order valence-electron chi connectivity index (χ0n) is 9.43. The quantitative estimate of drug-likeness (QED) is 0.710. The molecule has 0 aromatic rings. The molecule has 0 aliphatic carbocycles. The summed E-state index contributed by atoms with van der Waals surface area (Å²) < 4.78 is 44.2. The number of carbonyl (C=O) groups excluding carboxylic acids is 1. The topological polar surface area (TPSA) is 47.6 Å². The molecule has 1 unspecified atom stereocenters. The monoisotopic (exact) mass is 243 g/mol. The largest absolute Gasteiger partial charge is 0.468 e. The van der Waals surface area contributed by atoms with Gasteiger partial charge in [0.15, 0.2) is 0 Å². The lowest BCUT2D eigenvalue weighted by atomic mass is 10.2. The molecule has 0 saturated heterocycles. The number of carbonyl (C=O) groups is 1. The minimum absolute atomic E-state index is 0.0569. The first kappa shape index (κ1) is 15.2. The van der Waals surface area contributed by atoms with Crippen LogP contribution in [0.4, 0.5) is 13.2 Å². The van der Waals surface area contributed by atoms with Crippen LogP contribution in [0.25, 0.3) is 0 Å². The summed E-state index contributed by atoms with van der Waals surface area (Å²) in [4.78, 5) is 11.2. The van der Waals surface area contributed by atoms with E-state index in [0.29, 0.717) is 0 Å². The SMILES string of the molecule is COC(=O)C(COCC(F)(F)F)NC(C)C. The highest BCUT2D eigenvalue weighted by molar-refractivity contribution is 5.75. The molecular formula is C9H16F3NO3. The molecule has 0 rings (SSSR count). The Morgan fingerprint density at radius 2 is 1.94 bits per heavy atom. The third-order valence-corrected chi connectivity index (χ3v) is 1.57. The van der Waals surface area contributed by atoms with Gasteiger partial charge in [-0.25, -0.2) is 0 Å². The van der Waals surface area contributed by atoms with Crippen molar-refractivity contribution in [3.63, 3.8) is 0 Å². The van der Waals surface area contributed by atoms with E-state index in [2.05, 4.69) is 14.8 Å². The normalized spacial score (nSPS) is 13.9. The Morgan fingerprint density at radius 3 is 2.31 bits per heavy atom. The smallest absolute Gasteiger partial charge is 0.411 e. The Morgan fingerprint density at radius 1 is 1.38 bits per heavy atom. The van der Waals surface area contributed by atoms with Gasteiger partial charge in [-0.2, -0.15) is 13.2 Å². The van der Waals surface area contributed by atoms with Gasteiger partial charge in [0.2, 0.25) is 0 Å². The second-order valence-electron chi connectivity index (χ2n) is 3.53. The predicted molar refractivity (Wildman–Crippen MR) is 50.9 cm³/mol. The predicted octanol–water partition coefficient (Wildman–Crippen LogP) is 1.10. The summed E-state index contributed by atoms with van der Waals surface area (Å²) in [5, 5.41) is 2.75. The zero-order valence-corrected chi connectivity index (χ0v) is 9.43. The molecule has 16 heavy (non-hydrogen) atoms. The lowest BCUT2D eigenvalue weighted by molar-refractivity contribution is -0.178. The van der Waals surface area contributed by atoms with Crippen LogP contribution in [-0.2, 0) is 14.3 Å². The van der Waals surface area contributed by atoms with Crippen LogP contribution in [0.2, 0.25) is 0 Å². The average molecular weight is 243 g/mol. The molecule has 0 amide bonds. The number of methoxy groups -OCH3 is 1. The molecule has 0 aliphatic heterocycles. The molecule has 0 saturated carbocycles. The fourth-order valence-electron chi connectivity index (χ4n) is 1.02. The van der Waals surface area contributed by atoms with E-state index >= 15 is 0 Å². The molecule has 0 aromatic heterocycles. The van der Waals surface area contributed by atoms with Crippen LogP contribution in [0.3, 0.4) is 0 Å². The second-order valence-corrected chi connectivity index (χ2v) is 3.53. The van der Waals surface area contributed by atoms with E-state index in [9.17, 15) is 18.0 Å². The third kappa shape index (κ3) is 7.47. The molecule has 0 fully saturated rings. The van der Waals surface area contributed by atoms with Crippen LogP contribution in [0.15, 0.2) is 0 Å². The van der Waals surface area contributed by atoms with Crippen LogP contribution in [0, 0.1) is 0 Å². The van der Waals surface area contributed by atoms with E-state index < -0.39 is 24.8 Å². The molecule has 0 heterocycles. The number of hydrogen-bond donors (Lipinski definition) is 1. The molecule has 0 bridgehead atoms. The van der Waals surface area contributed by atoms with Crippen LogP contribution in [-0.4, -0.2) is 44.6 Å². The van der Waals surface area contributed by atoms with Crippen molar-refractivity contribution in [3.8, 4) is 0 Å². The Hall–Kier alpha value is -0.820. The van der Waals surface area contributed by atoms with Crippen molar-refractivity contribution in [1.82, 2.24) is 5.32 Å². The van der Waals surface area contributed by atoms with Crippen molar-refractivity contribution in [3.05, 3.63) is 0 Å². The minimum atomic E-state index is -4.39. The number of hydrogen-bond acceptors (Lipinski definition) is 4. The van der Waals surface area contributed by atoms with E-state index in [4.69, 9.17) is 0 Å². The standard InChI is InChI=1S/C9H16F3NO3/c1-6(2)13-7(8(14)15-3)4-16-5-9(10,11)12/h6-7,13H,4-5H2,1-3H3. The van der Waals surface area contributed by atoms with Gasteiger partial charge in [0.05, 0.1) is 13.7 Å². The van der Waals surface area contributed by atoms with Crippen molar-refractivity contribution in [1.29, 1.82) is 0 Å². The summed E-state index contributed by atoms with van der Waals surface area (Å²) in [5.41, 5.74) is 0. The highest BCUT2D eigenvalue weighted by atomic mass is 19.4. The molecule has 4 nitrogen and oxygen atoms in total.